The van der Waals surface area contributed by atoms with E-state index >= 15 is 0 Å². The maximum atomic E-state index is 4.01. The lowest BCUT2D eigenvalue weighted by molar-refractivity contribution is 0.00488. The van der Waals surface area contributed by atoms with Gasteiger partial charge in [0.15, 0.2) is 0 Å². The smallest absolute Gasteiger partial charge is 0.0345 e. The molecule has 0 radical (unpaired) electrons. The quantitative estimate of drug-likeness (QED) is 0.577. The first-order chi connectivity index (χ1) is 9.73. The van der Waals surface area contributed by atoms with Crippen LogP contribution in [0.15, 0.2) is 30.3 Å². The van der Waals surface area contributed by atoms with Crippen LogP contribution < -0.4 is 0 Å². The van der Waals surface area contributed by atoms with Crippen molar-refractivity contribution in [1.29, 1.82) is 0 Å². The maximum absolute atomic E-state index is 4.01. The SMILES string of the molecule is BrC1C2CC3CC1CC(c1cc4ccccc4s1)(C3)C2. The van der Waals surface area contributed by atoms with Gasteiger partial charge in [0.25, 0.3) is 0 Å². The highest BCUT2D eigenvalue weighted by Gasteiger charge is 2.55. The number of hydrogen-bond acceptors (Lipinski definition) is 1. The van der Waals surface area contributed by atoms with E-state index in [4.69, 9.17) is 0 Å². The summed E-state index contributed by atoms with van der Waals surface area (Å²) >= 11 is 6.09. The molecule has 4 saturated carbocycles. The fourth-order valence-electron chi connectivity index (χ4n) is 5.51. The third-order valence-corrected chi connectivity index (χ3v) is 8.96. The van der Waals surface area contributed by atoms with Crippen molar-refractivity contribution in [2.75, 3.05) is 0 Å². The van der Waals surface area contributed by atoms with E-state index in [1.807, 2.05) is 0 Å². The van der Waals surface area contributed by atoms with Crippen molar-refractivity contribution < 1.29 is 0 Å². The van der Waals surface area contributed by atoms with Gasteiger partial charge in [-0.15, -0.1) is 11.3 Å². The van der Waals surface area contributed by atoms with Crippen molar-refractivity contribution in [3.63, 3.8) is 0 Å². The second kappa shape index (κ2) is 4.10. The Hall–Kier alpha value is -0.340. The van der Waals surface area contributed by atoms with Gasteiger partial charge in [0.1, 0.15) is 0 Å². The molecule has 0 spiro atoms. The molecule has 4 aliphatic carbocycles. The summed E-state index contributed by atoms with van der Waals surface area (Å²) in [5, 5.41) is 1.46. The average Bonchev–Trinajstić information content (AvgIpc) is 2.88. The molecule has 6 rings (SSSR count). The van der Waals surface area contributed by atoms with Crippen LogP contribution in [0, 0.1) is 17.8 Å². The zero-order chi connectivity index (χ0) is 13.3. The van der Waals surface area contributed by atoms with E-state index in [-0.39, 0.29) is 0 Å². The summed E-state index contributed by atoms with van der Waals surface area (Å²) in [7, 11) is 0. The van der Waals surface area contributed by atoms with E-state index in [1.165, 1.54) is 42.2 Å². The molecule has 0 amide bonds. The largest absolute Gasteiger partial charge is 0.140 e. The van der Waals surface area contributed by atoms with E-state index in [9.17, 15) is 0 Å². The summed E-state index contributed by atoms with van der Waals surface area (Å²) in [5.74, 6) is 2.88. The molecule has 1 heterocycles. The van der Waals surface area contributed by atoms with Crippen molar-refractivity contribution in [2.45, 2.75) is 42.3 Å². The summed E-state index contributed by atoms with van der Waals surface area (Å²) in [6.07, 6.45) is 7.30. The molecule has 1 aromatic heterocycles. The number of rotatable bonds is 1. The first-order valence-electron chi connectivity index (χ1n) is 7.87. The number of thiophene rings is 1. The first kappa shape index (κ1) is 12.2. The van der Waals surface area contributed by atoms with Gasteiger partial charge in [-0.3, -0.25) is 0 Å². The van der Waals surface area contributed by atoms with E-state index in [2.05, 4.69) is 57.6 Å². The van der Waals surface area contributed by atoms with Crippen LogP contribution in [0.1, 0.15) is 37.0 Å². The topological polar surface area (TPSA) is 0 Å². The molecular formula is C18H19BrS. The van der Waals surface area contributed by atoms with Gasteiger partial charge >= 0.3 is 0 Å². The minimum Gasteiger partial charge on any atom is -0.140 e. The highest BCUT2D eigenvalue weighted by atomic mass is 79.9. The Labute approximate surface area is 132 Å². The Bertz CT molecular complexity index is 624. The van der Waals surface area contributed by atoms with Crippen molar-refractivity contribution >= 4 is 37.4 Å². The predicted octanol–water partition coefficient (Wildman–Crippen LogP) is 5.74. The number of fused-ring (bicyclic) bond motifs is 1. The molecule has 20 heavy (non-hydrogen) atoms. The van der Waals surface area contributed by atoms with Crippen molar-refractivity contribution in [1.82, 2.24) is 0 Å². The molecule has 4 bridgehead atoms. The summed E-state index contributed by atoms with van der Waals surface area (Å²) in [5.41, 5.74) is 0.532. The van der Waals surface area contributed by atoms with E-state index in [0.29, 0.717) is 5.41 Å². The molecule has 4 fully saturated rings. The minimum atomic E-state index is 0.532. The highest BCUT2D eigenvalue weighted by Crippen LogP contribution is 2.63. The van der Waals surface area contributed by atoms with Crippen LogP contribution >= 0.6 is 27.3 Å². The fraction of sp³-hybridized carbons (Fsp3) is 0.556. The van der Waals surface area contributed by atoms with Crippen molar-refractivity contribution in [3.8, 4) is 0 Å². The second-order valence-electron chi connectivity index (χ2n) is 7.34. The van der Waals surface area contributed by atoms with Crippen LogP contribution in [-0.4, -0.2) is 4.83 Å². The van der Waals surface area contributed by atoms with E-state index < -0.39 is 0 Å². The molecule has 2 heteroatoms. The summed E-state index contributed by atoms with van der Waals surface area (Å²) < 4.78 is 1.48. The molecule has 2 unspecified atom stereocenters. The van der Waals surface area contributed by atoms with Gasteiger partial charge in [-0.25, -0.2) is 0 Å². The van der Waals surface area contributed by atoms with Gasteiger partial charge in [0, 0.05) is 19.8 Å². The van der Waals surface area contributed by atoms with E-state index in [1.54, 1.807) is 4.88 Å². The zero-order valence-electron chi connectivity index (χ0n) is 11.5. The molecule has 4 aliphatic rings. The molecule has 0 nitrogen and oxygen atoms in total. The van der Waals surface area contributed by atoms with Crippen LogP contribution in [0.4, 0.5) is 0 Å². The Morgan fingerprint density at radius 3 is 2.55 bits per heavy atom. The molecule has 104 valence electrons. The molecule has 0 N–H and O–H groups in total. The van der Waals surface area contributed by atoms with Crippen LogP contribution in [0.3, 0.4) is 0 Å². The molecule has 0 aliphatic heterocycles. The Balaban J connectivity index is 1.63. The van der Waals surface area contributed by atoms with Crippen LogP contribution in [0.2, 0.25) is 0 Å². The maximum Gasteiger partial charge on any atom is 0.0345 e. The van der Waals surface area contributed by atoms with Gasteiger partial charge in [0.05, 0.1) is 0 Å². The monoisotopic (exact) mass is 346 g/mol. The van der Waals surface area contributed by atoms with Crippen molar-refractivity contribution in [2.24, 2.45) is 17.8 Å². The number of halogens is 1. The Morgan fingerprint density at radius 1 is 1.05 bits per heavy atom. The first-order valence-corrected chi connectivity index (χ1v) is 9.60. The fourth-order valence-corrected chi connectivity index (χ4v) is 7.59. The number of alkyl halides is 1. The molecular weight excluding hydrogens is 328 g/mol. The van der Waals surface area contributed by atoms with Gasteiger partial charge < -0.3 is 0 Å². The predicted molar refractivity (Wildman–Crippen MR) is 89.8 cm³/mol. The average molecular weight is 347 g/mol. The normalized spacial score (nSPS) is 42.5. The Kier molecular flexibility index (Phi) is 2.51. The third kappa shape index (κ3) is 1.58. The van der Waals surface area contributed by atoms with Crippen molar-refractivity contribution in [3.05, 3.63) is 35.2 Å². The summed E-state index contributed by atoms with van der Waals surface area (Å²) in [4.78, 5) is 2.50. The summed E-state index contributed by atoms with van der Waals surface area (Å²) in [6, 6.07) is 11.4. The lowest BCUT2D eigenvalue weighted by Crippen LogP contribution is -2.53. The van der Waals surface area contributed by atoms with Crippen LogP contribution in [-0.2, 0) is 5.41 Å². The highest BCUT2D eigenvalue weighted by molar-refractivity contribution is 9.09. The number of benzene rings is 1. The molecule has 2 atom stereocenters. The minimum absolute atomic E-state index is 0.532. The lowest BCUT2D eigenvalue weighted by atomic mass is 9.49. The summed E-state index contributed by atoms with van der Waals surface area (Å²) in [6.45, 7) is 0. The van der Waals surface area contributed by atoms with Crippen LogP contribution in [0.5, 0.6) is 0 Å². The van der Waals surface area contributed by atoms with Gasteiger partial charge in [-0.2, -0.15) is 0 Å². The lowest BCUT2D eigenvalue weighted by Gasteiger charge is -2.58. The standard InChI is InChI=1S/C18H19BrS/c19-17-13-5-11-6-14(17)10-18(8-11,9-13)16-7-12-3-1-2-4-15(12)20-16/h1-4,7,11,13-14,17H,5-6,8-10H2. The number of hydrogen-bond donors (Lipinski definition) is 0. The molecule has 2 aromatic rings. The van der Waals surface area contributed by atoms with Crippen LogP contribution in [0.25, 0.3) is 10.1 Å². The Morgan fingerprint density at radius 2 is 1.80 bits per heavy atom. The molecule has 0 saturated heterocycles. The van der Waals surface area contributed by atoms with Gasteiger partial charge in [-0.05, 0) is 67.4 Å². The molecule has 1 aromatic carbocycles. The van der Waals surface area contributed by atoms with Gasteiger partial charge in [0.2, 0.25) is 0 Å². The zero-order valence-corrected chi connectivity index (χ0v) is 13.9. The second-order valence-corrected chi connectivity index (χ2v) is 9.48. The van der Waals surface area contributed by atoms with E-state index in [0.717, 1.165) is 22.6 Å². The third-order valence-electron chi connectivity index (χ3n) is 6.11. The van der Waals surface area contributed by atoms with Gasteiger partial charge in [-0.1, -0.05) is 34.1 Å².